The predicted molar refractivity (Wildman–Crippen MR) is 91.9 cm³/mol. The number of likely N-dealkylation sites (N-methyl/N-ethyl adjacent to an activating group) is 1. The molecule has 1 unspecified atom stereocenters. The average Bonchev–Trinajstić information content (AvgIpc) is 2.46. The van der Waals surface area contributed by atoms with E-state index in [1.165, 1.54) is 4.90 Å². The number of nitrogens with two attached hydrogens (primary N) is 1. The Balaban J connectivity index is 2.74. The summed E-state index contributed by atoms with van der Waals surface area (Å²) in [6.45, 7) is 6.82. The maximum atomic E-state index is 11.8. The molecule has 7 heteroatoms. The smallest absolute Gasteiger partial charge is 0.243 e. The normalized spacial score (nSPS) is 18.9. The van der Waals surface area contributed by atoms with Gasteiger partial charge in [0, 0.05) is 40.2 Å². The van der Waals surface area contributed by atoms with Crippen LogP contribution in [0.3, 0.4) is 0 Å². The van der Waals surface area contributed by atoms with Gasteiger partial charge < -0.3 is 20.9 Å². The van der Waals surface area contributed by atoms with Crippen molar-refractivity contribution >= 4 is 17.8 Å². The predicted octanol–water partition coefficient (Wildman–Crippen LogP) is 0.264. The molecule has 0 radical (unpaired) electrons. The highest BCUT2D eigenvalue weighted by Crippen LogP contribution is 2.19. The number of hydrogen-bond donors (Lipinski definition) is 2. The van der Waals surface area contributed by atoms with Gasteiger partial charge in [0.25, 0.3) is 0 Å². The van der Waals surface area contributed by atoms with E-state index >= 15 is 0 Å². The number of nitrogens with zero attached hydrogens (tertiary/aromatic N) is 3. The number of likely N-dealkylation sites (tertiary alicyclic amines) is 1. The lowest BCUT2D eigenvalue weighted by Crippen LogP contribution is -2.48. The van der Waals surface area contributed by atoms with E-state index in [2.05, 4.69) is 29.1 Å². The van der Waals surface area contributed by atoms with E-state index in [9.17, 15) is 9.59 Å². The maximum absolute atomic E-state index is 11.8. The molecule has 1 saturated heterocycles. The minimum absolute atomic E-state index is 0.0282. The van der Waals surface area contributed by atoms with E-state index in [0.717, 1.165) is 38.4 Å². The number of aliphatic imine (C=N–C) groups is 1. The molecule has 1 aliphatic heterocycles. The van der Waals surface area contributed by atoms with Gasteiger partial charge in [-0.15, -0.1) is 0 Å². The highest BCUT2D eigenvalue weighted by molar-refractivity contribution is 5.85. The lowest BCUT2D eigenvalue weighted by molar-refractivity contribution is -0.127. The molecule has 0 saturated carbocycles. The molecule has 1 fully saturated rings. The molecule has 0 bridgehead atoms. The van der Waals surface area contributed by atoms with Crippen molar-refractivity contribution in [3.05, 3.63) is 0 Å². The summed E-state index contributed by atoms with van der Waals surface area (Å²) < 4.78 is 0. The molecular weight excluding hydrogens is 294 g/mol. The van der Waals surface area contributed by atoms with Gasteiger partial charge in [0.15, 0.2) is 5.96 Å². The van der Waals surface area contributed by atoms with Crippen molar-refractivity contribution in [2.75, 3.05) is 40.3 Å². The van der Waals surface area contributed by atoms with E-state index in [1.54, 1.807) is 14.1 Å². The minimum atomic E-state index is -0.256. The quantitative estimate of drug-likeness (QED) is 0.541. The third-order valence-corrected chi connectivity index (χ3v) is 3.84. The molecule has 1 heterocycles. The van der Waals surface area contributed by atoms with Crippen molar-refractivity contribution in [3.63, 3.8) is 0 Å². The Morgan fingerprint density at radius 1 is 1.39 bits per heavy atom. The first-order valence-electron chi connectivity index (χ1n) is 8.31. The Bertz CT molecular complexity index is 434. The van der Waals surface area contributed by atoms with Gasteiger partial charge in [0.05, 0.1) is 0 Å². The monoisotopic (exact) mass is 325 g/mol. The Hall–Kier alpha value is -1.79. The third kappa shape index (κ3) is 7.34. The summed E-state index contributed by atoms with van der Waals surface area (Å²) >= 11 is 0. The molecule has 23 heavy (non-hydrogen) atoms. The van der Waals surface area contributed by atoms with Gasteiger partial charge in [0.2, 0.25) is 11.8 Å². The Morgan fingerprint density at radius 2 is 2.09 bits per heavy atom. The molecule has 0 aromatic carbocycles. The first-order valence-corrected chi connectivity index (χ1v) is 8.31. The number of nitrogens with one attached hydrogen (secondary N) is 1. The maximum Gasteiger partial charge on any atom is 0.243 e. The number of carbonyl (C=O) groups excluding carboxylic acids is 2. The molecule has 1 atom stereocenters. The van der Waals surface area contributed by atoms with Gasteiger partial charge in [-0.25, -0.2) is 4.99 Å². The zero-order chi connectivity index (χ0) is 17.4. The summed E-state index contributed by atoms with van der Waals surface area (Å²) in [6, 6.07) is 0. The number of amides is 2. The number of carbonyl (C=O) groups is 2. The van der Waals surface area contributed by atoms with Crippen LogP contribution in [-0.4, -0.2) is 67.8 Å². The first kappa shape index (κ1) is 19.3. The Kier molecular flexibility index (Phi) is 7.85. The zero-order valence-electron chi connectivity index (χ0n) is 14.8. The molecule has 132 valence electrons. The standard InChI is InChI=1S/C16H31N5O2/c1-12(2)9-18-16(19-10-15(23)20(3)4)21-7-5-6-13(11-21)8-14(17)22/h12-13H,5-11H2,1-4H3,(H2,17,22)(H,18,19). The number of primary amides is 1. The zero-order valence-corrected chi connectivity index (χ0v) is 14.8. The second-order valence-corrected chi connectivity index (χ2v) is 6.83. The van der Waals surface area contributed by atoms with Crippen molar-refractivity contribution in [1.82, 2.24) is 15.1 Å². The van der Waals surface area contributed by atoms with Crippen LogP contribution in [-0.2, 0) is 9.59 Å². The Morgan fingerprint density at radius 3 is 2.65 bits per heavy atom. The minimum Gasteiger partial charge on any atom is -0.370 e. The van der Waals surface area contributed by atoms with Gasteiger partial charge in [-0.05, 0) is 24.7 Å². The van der Waals surface area contributed by atoms with E-state index in [1.807, 2.05) is 0 Å². The molecule has 1 rings (SSSR count). The molecule has 0 aromatic heterocycles. The number of hydrogen-bond acceptors (Lipinski definition) is 3. The van der Waals surface area contributed by atoms with Crippen molar-refractivity contribution in [2.45, 2.75) is 33.1 Å². The summed E-state index contributed by atoms with van der Waals surface area (Å²) in [7, 11) is 3.45. The van der Waals surface area contributed by atoms with Crippen LogP contribution in [0.25, 0.3) is 0 Å². The first-order chi connectivity index (χ1) is 10.8. The van der Waals surface area contributed by atoms with E-state index in [-0.39, 0.29) is 24.3 Å². The fourth-order valence-corrected chi connectivity index (χ4v) is 2.56. The average molecular weight is 325 g/mol. The summed E-state index contributed by atoms with van der Waals surface area (Å²) in [6.07, 6.45) is 2.42. The van der Waals surface area contributed by atoms with Gasteiger partial charge in [-0.2, -0.15) is 0 Å². The van der Waals surface area contributed by atoms with E-state index in [0.29, 0.717) is 12.3 Å². The van der Waals surface area contributed by atoms with Crippen LogP contribution in [0, 0.1) is 11.8 Å². The summed E-state index contributed by atoms with van der Waals surface area (Å²) in [5.74, 6) is 1.21. The lowest BCUT2D eigenvalue weighted by atomic mass is 9.95. The molecule has 1 aliphatic rings. The van der Waals surface area contributed by atoms with Crippen LogP contribution >= 0.6 is 0 Å². The molecule has 3 N–H and O–H groups in total. The van der Waals surface area contributed by atoms with Crippen LogP contribution < -0.4 is 11.1 Å². The second-order valence-electron chi connectivity index (χ2n) is 6.83. The SMILES string of the molecule is CC(C)CNC(=NCC(=O)N(C)C)N1CCCC(CC(N)=O)C1. The van der Waals surface area contributed by atoms with Gasteiger partial charge in [-0.3, -0.25) is 9.59 Å². The summed E-state index contributed by atoms with van der Waals surface area (Å²) in [5.41, 5.74) is 5.32. The Labute approximate surface area is 139 Å². The van der Waals surface area contributed by atoms with Crippen LogP contribution in [0.4, 0.5) is 0 Å². The number of piperidine rings is 1. The highest BCUT2D eigenvalue weighted by Gasteiger charge is 2.24. The van der Waals surface area contributed by atoms with E-state index < -0.39 is 0 Å². The van der Waals surface area contributed by atoms with Gasteiger partial charge in [-0.1, -0.05) is 13.8 Å². The topological polar surface area (TPSA) is 91.0 Å². The molecule has 0 aromatic rings. The molecule has 7 nitrogen and oxygen atoms in total. The lowest BCUT2D eigenvalue weighted by Gasteiger charge is -2.35. The third-order valence-electron chi connectivity index (χ3n) is 3.84. The second kappa shape index (κ2) is 9.37. The molecule has 2 amide bonds. The summed E-state index contributed by atoms with van der Waals surface area (Å²) in [4.78, 5) is 31.1. The van der Waals surface area contributed by atoms with Crippen molar-refractivity contribution in [3.8, 4) is 0 Å². The van der Waals surface area contributed by atoms with Crippen molar-refractivity contribution in [1.29, 1.82) is 0 Å². The molecule has 0 aliphatic carbocycles. The van der Waals surface area contributed by atoms with Gasteiger partial charge >= 0.3 is 0 Å². The van der Waals surface area contributed by atoms with Crippen LogP contribution in [0.2, 0.25) is 0 Å². The fourth-order valence-electron chi connectivity index (χ4n) is 2.56. The largest absolute Gasteiger partial charge is 0.370 e. The van der Waals surface area contributed by atoms with Crippen molar-refractivity contribution in [2.24, 2.45) is 22.6 Å². The van der Waals surface area contributed by atoms with Gasteiger partial charge in [0.1, 0.15) is 6.54 Å². The molecular formula is C16H31N5O2. The van der Waals surface area contributed by atoms with Crippen LogP contribution in [0.1, 0.15) is 33.1 Å². The van der Waals surface area contributed by atoms with Crippen LogP contribution in [0.15, 0.2) is 4.99 Å². The van der Waals surface area contributed by atoms with Crippen molar-refractivity contribution < 1.29 is 9.59 Å². The summed E-state index contributed by atoms with van der Waals surface area (Å²) in [5, 5.41) is 3.35. The highest BCUT2D eigenvalue weighted by atomic mass is 16.2. The van der Waals surface area contributed by atoms with E-state index in [4.69, 9.17) is 5.73 Å². The number of guanidine groups is 1. The number of rotatable bonds is 6. The van der Waals surface area contributed by atoms with Crippen LogP contribution in [0.5, 0.6) is 0 Å². The fraction of sp³-hybridized carbons (Fsp3) is 0.812. The molecule has 0 spiro atoms.